The molecule has 0 heterocycles. The largest absolute Gasteiger partial charge is 0.0885 e. The normalized spacial score (nSPS) is 12.4. The maximum absolute atomic E-state index is 2.31. The molecule has 0 aromatic carbocycles. The molecule has 0 aromatic rings. The first-order valence-corrected chi connectivity index (χ1v) is 6.36. The summed E-state index contributed by atoms with van der Waals surface area (Å²) in [5.74, 6) is 0. The van der Waals surface area contributed by atoms with E-state index >= 15 is 0 Å². The van der Waals surface area contributed by atoms with Gasteiger partial charge in [0.25, 0.3) is 0 Å². The van der Waals surface area contributed by atoms with Gasteiger partial charge in [-0.25, -0.2) is 0 Å². The van der Waals surface area contributed by atoms with Crippen molar-refractivity contribution in [3.8, 4) is 0 Å². The summed E-state index contributed by atoms with van der Waals surface area (Å²) in [7, 11) is 0. The van der Waals surface area contributed by atoms with E-state index in [0.29, 0.717) is 0 Å². The molecular formula is C15H26. The highest BCUT2D eigenvalue weighted by atomic mass is 13.9. The molecular weight excluding hydrogens is 180 g/mol. The predicted octanol–water partition coefficient (Wildman–Crippen LogP) is 5.43. The minimum atomic E-state index is 1.08. The van der Waals surface area contributed by atoms with Gasteiger partial charge in [-0.2, -0.15) is 0 Å². The van der Waals surface area contributed by atoms with Crippen LogP contribution in [-0.4, -0.2) is 0 Å². The van der Waals surface area contributed by atoms with E-state index in [0.717, 1.165) is 19.3 Å². The van der Waals surface area contributed by atoms with E-state index in [2.05, 4.69) is 50.3 Å². The average molecular weight is 206 g/mol. The van der Waals surface area contributed by atoms with Gasteiger partial charge < -0.3 is 0 Å². The molecule has 0 bridgehead atoms. The van der Waals surface area contributed by atoms with Crippen LogP contribution in [0.1, 0.15) is 58.8 Å². The molecule has 15 heavy (non-hydrogen) atoms. The Morgan fingerprint density at radius 1 is 0.667 bits per heavy atom. The fourth-order valence-corrected chi connectivity index (χ4v) is 1.34. The Bertz CT molecular complexity index is 184. The van der Waals surface area contributed by atoms with Crippen LogP contribution in [0, 0.1) is 0 Å². The molecule has 0 unspecified atom stereocenters. The summed E-state index contributed by atoms with van der Waals surface area (Å²) < 4.78 is 0. The van der Waals surface area contributed by atoms with Crippen molar-refractivity contribution in [2.24, 2.45) is 0 Å². The molecule has 0 aliphatic rings. The summed E-state index contributed by atoms with van der Waals surface area (Å²) in [4.78, 5) is 0. The van der Waals surface area contributed by atoms with Gasteiger partial charge in [-0.3, -0.25) is 0 Å². The summed E-state index contributed by atoms with van der Waals surface area (Å²) in [5.41, 5.74) is 0. The lowest BCUT2D eigenvalue weighted by Crippen LogP contribution is -1.70. The molecule has 0 saturated carbocycles. The van der Waals surface area contributed by atoms with Gasteiger partial charge in [0.05, 0.1) is 0 Å². The van der Waals surface area contributed by atoms with E-state index in [1.165, 1.54) is 25.7 Å². The van der Waals surface area contributed by atoms with Crippen molar-refractivity contribution in [3.05, 3.63) is 36.5 Å². The van der Waals surface area contributed by atoms with Gasteiger partial charge in [0, 0.05) is 0 Å². The van der Waals surface area contributed by atoms with Crippen LogP contribution in [0.15, 0.2) is 36.5 Å². The highest BCUT2D eigenvalue weighted by molar-refractivity contribution is 4.96. The molecule has 0 nitrogen and oxygen atoms in total. The van der Waals surface area contributed by atoms with Crippen molar-refractivity contribution < 1.29 is 0 Å². The fourth-order valence-electron chi connectivity index (χ4n) is 1.34. The van der Waals surface area contributed by atoms with E-state index in [1.807, 2.05) is 0 Å². The summed E-state index contributed by atoms with van der Waals surface area (Å²) in [6.07, 6.45) is 22.1. The summed E-state index contributed by atoms with van der Waals surface area (Å²) in [5, 5.41) is 0. The van der Waals surface area contributed by atoms with Crippen LogP contribution in [0.5, 0.6) is 0 Å². The monoisotopic (exact) mass is 206 g/mol. The van der Waals surface area contributed by atoms with Gasteiger partial charge in [-0.15, -0.1) is 0 Å². The Morgan fingerprint density at radius 3 is 1.87 bits per heavy atom. The van der Waals surface area contributed by atoms with Crippen molar-refractivity contribution in [1.29, 1.82) is 0 Å². The third-order valence-corrected chi connectivity index (χ3v) is 2.25. The summed E-state index contributed by atoms with van der Waals surface area (Å²) in [6.45, 7) is 4.41. The van der Waals surface area contributed by atoms with E-state index in [1.54, 1.807) is 0 Å². The van der Waals surface area contributed by atoms with Crippen LogP contribution in [0.4, 0.5) is 0 Å². The van der Waals surface area contributed by atoms with E-state index in [4.69, 9.17) is 0 Å². The topological polar surface area (TPSA) is 0 Å². The molecule has 0 amide bonds. The zero-order chi connectivity index (χ0) is 11.2. The third-order valence-electron chi connectivity index (χ3n) is 2.25. The lowest BCUT2D eigenvalue weighted by Gasteiger charge is -1.90. The van der Waals surface area contributed by atoms with Gasteiger partial charge in [-0.1, -0.05) is 63.1 Å². The Labute approximate surface area is 95.8 Å². The number of hydrogen-bond acceptors (Lipinski definition) is 0. The molecule has 0 heteroatoms. The van der Waals surface area contributed by atoms with Crippen LogP contribution in [0.25, 0.3) is 0 Å². The maximum Gasteiger partial charge on any atom is -0.0169 e. The molecule has 86 valence electrons. The van der Waals surface area contributed by atoms with Gasteiger partial charge >= 0.3 is 0 Å². The second-order valence-corrected chi connectivity index (χ2v) is 3.79. The maximum atomic E-state index is 2.31. The zero-order valence-corrected chi connectivity index (χ0v) is 10.4. The van der Waals surface area contributed by atoms with Crippen LogP contribution < -0.4 is 0 Å². The number of allylic oxidation sites excluding steroid dienone is 6. The molecule has 0 saturated heterocycles. The smallest absolute Gasteiger partial charge is 0.0169 e. The Hall–Kier alpha value is -0.780. The highest BCUT2D eigenvalue weighted by Gasteiger charge is 1.80. The molecule has 0 rings (SSSR count). The first-order valence-electron chi connectivity index (χ1n) is 6.36. The molecule has 0 N–H and O–H groups in total. The van der Waals surface area contributed by atoms with Crippen molar-refractivity contribution in [3.63, 3.8) is 0 Å². The molecule has 0 atom stereocenters. The van der Waals surface area contributed by atoms with E-state index < -0.39 is 0 Å². The van der Waals surface area contributed by atoms with Crippen molar-refractivity contribution in [2.45, 2.75) is 58.8 Å². The second-order valence-electron chi connectivity index (χ2n) is 3.79. The molecule has 0 aliphatic heterocycles. The number of rotatable bonds is 9. The van der Waals surface area contributed by atoms with Crippen molar-refractivity contribution in [1.82, 2.24) is 0 Å². The van der Waals surface area contributed by atoms with E-state index in [-0.39, 0.29) is 0 Å². The zero-order valence-electron chi connectivity index (χ0n) is 10.4. The second kappa shape index (κ2) is 13.2. The first-order chi connectivity index (χ1) is 7.41. The fraction of sp³-hybridized carbons (Fsp3) is 0.600. The lowest BCUT2D eigenvalue weighted by molar-refractivity contribution is 0.728. The minimum absolute atomic E-state index is 1.08. The van der Waals surface area contributed by atoms with Crippen LogP contribution in [-0.2, 0) is 0 Å². The van der Waals surface area contributed by atoms with Crippen LogP contribution in [0.3, 0.4) is 0 Å². The number of hydrogen-bond donors (Lipinski definition) is 0. The molecule has 0 aliphatic carbocycles. The Morgan fingerprint density at radius 2 is 1.27 bits per heavy atom. The lowest BCUT2D eigenvalue weighted by atomic mass is 10.2. The standard InChI is InChI=1S/C15H26/c1-3-5-7-9-11-13-15-14-12-10-8-6-4-2/h5,7,11-14H,3-4,6,8-10,15H2,1-2H3/b7-5+,13-11+,14-12+. The van der Waals surface area contributed by atoms with Gasteiger partial charge in [-0.05, 0) is 32.1 Å². The number of unbranched alkanes of at least 4 members (excludes halogenated alkanes) is 3. The highest BCUT2D eigenvalue weighted by Crippen LogP contribution is 2.00. The van der Waals surface area contributed by atoms with Gasteiger partial charge in [0.2, 0.25) is 0 Å². The Balaban J connectivity index is 3.24. The predicted molar refractivity (Wildman–Crippen MR) is 71.1 cm³/mol. The quantitative estimate of drug-likeness (QED) is 0.349. The SMILES string of the molecule is CC/C=C/C/C=C/C/C=C/CCCCC. The first kappa shape index (κ1) is 14.2. The van der Waals surface area contributed by atoms with Crippen molar-refractivity contribution >= 4 is 0 Å². The van der Waals surface area contributed by atoms with Crippen molar-refractivity contribution in [2.75, 3.05) is 0 Å². The van der Waals surface area contributed by atoms with E-state index in [9.17, 15) is 0 Å². The third kappa shape index (κ3) is 13.2. The molecule has 0 radical (unpaired) electrons. The van der Waals surface area contributed by atoms with Gasteiger partial charge in [0.15, 0.2) is 0 Å². The van der Waals surface area contributed by atoms with Crippen LogP contribution >= 0.6 is 0 Å². The molecule has 0 spiro atoms. The van der Waals surface area contributed by atoms with Crippen LogP contribution in [0.2, 0.25) is 0 Å². The average Bonchev–Trinajstić information content (AvgIpc) is 2.26. The van der Waals surface area contributed by atoms with Gasteiger partial charge in [0.1, 0.15) is 0 Å². The summed E-state index contributed by atoms with van der Waals surface area (Å²) in [6, 6.07) is 0. The minimum Gasteiger partial charge on any atom is -0.0885 e. The Kier molecular flexibility index (Phi) is 12.5. The molecule has 0 fully saturated rings. The summed E-state index contributed by atoms with van der Waals surface area (Å²) >= 11 is 0. The molecule has 0 aromatic heterocycles.